The summed E-state index contributed by atoms with van der Waals surface area (Å²) in [6.07, 6.45) is 4.95. The van der Waals surface area contributed by atoms with Gasteiger partial charge >= 0.3 is 6.03 Å². The van der Waals surface area contributed by atoms with Crippen LogP contribution >= 0.6 is 11.8 Å². The highest BCUT2D eigenvalue weighted by Gasteiger charge is 2.42. The van der Waals surface area contributed by atoms with Crippen LogP contribution in [-0.4, -0.2) is 69.0 Å². The lowest BCUT2D eigenvalue weighted by molar-refractivity contribution is -0.121. The molecule has 0 bridgehead atoms. The summed E-state index contributed by atoms with van der Waals surface area (Å²) in [4.78, 5) is 34.9. The minimum Gasteiger partial charge on any atom is -0.356 e. The lowest BCUT2D eigenvalue weighted by atomic mass is 10.0. The number of nitrogens with zero attached hydrogens (tertiary/aromatic N) is 3. The lowest BCUT2D eigenvalue weighted by Crippen LogP contribution is -2.37. The Morgan fingerprint density at radius 3 is 2.93 bits per heavy atom. The van der Waals surface area contributed by atoms with Gasteiger partial charge in [0.25, 0.3) is 0 Å². The molecule has 2 aliphatic rings. The second-order valence-electron chi connectivity index (χ2n) is 7.29. The quantitative estimate of drug-likeness (QED) is 0.365. The zero-order valence-corrected chi connectivity index (χ0v) is 17.5. The summed E-state index contributed by atoms with van der Waals surface area (Å²) in [5.41, 5.74) is 0.767. The van der Waals surface area contributed by atoms with Gasteiger partial charge in [-0.15, -0.1) is 5.10 Å². The molecule has 0 saturated carbocycles. The number of hydrogen-bond donors (Lipinski definition) is 4. The number of thioether (sulfide) groups is 1. The van der Waals surface area contributed by atoms with Gasteiger partial charge in [0.2, 0.25) is 11.8 Å². The molecule has 2 fully saturated rings. The highest BCUT2D eigenvalue weighted by Crippen LogP contribution is 2.32. The standard InChI is InChI=1S/C18H29N7O3S/c1-2-19-16(27)7-6-12-10-25(24-23-12)9-8-20-15(26)5-3-4-14-17-13(11-29-14)21-18(28)22-17/h10,13-14,17H,2-9,11H2,1H3,(H,19,27)(H,20,26)(H2,21,22,28). The Hall–Kier alpha value is -2.30. The smallest absolute Gasteiger partial charge is 0.315 e. The average Bonchev–Trinajstić information content (AvgIpc) is 3.37. The molecule has 2 saturated heterocycles. The maximum atomic E-state index is 12.0. The number of nitrogens with one attached hydrogen (secondary N) is 4. The predicted octanol–water partition coefficient (Wildman–Crippen LogP) is -0.201. The predicted molar refractivity (Wildman–Crippen MR) is 109 cm³/mol. The van der Waals surface area contributed by atoms with Gasteiger partial charge in [-0.2, -0.15) is 11.8 Å². The summed E-state index contributed by atoms with van der Waals surface area (Å²) in [6.45, 7) is 3.54. The highest BCUT2D eigenvalue weighted by molar-refractivity contribution is 8.00. The van der Waals surface area contributed by atoms with Crippen LogP contribution in [0.1, 0.15) is 38.3 Å². The number of rotatable bonds is 11. The van der Waals surface area contributed by atoms with E-state index in [1.54, 1.807) is 4.68 Å². The lowest BCUT2D eigenvalue weighted by Gasteiger charge is -2.16. The van der Waals surface area contributed by atoms with E-state index < -0.39 is 0 Å². The van der Waals surface area contributed by atoms with Crippen LogP contribution in [0.2, 0.25) is 0 Å². The summed E-state index contributed by atoms with van der Waals surface area (Å²) >= 11 is 1.86. The van der Waals surface area contributed by atoms with Crippen molar-refractivity contribution < 1.29 is 14.4 Å². The van der Waals surface area contributed by atoms with Gasteiger partial charge in [-0.1, -0.05) is 5.21 Å². The van der Waals surface area contributed by atoms with Crippen molar-refractivity contribution in [1.82, 2.24) is 36.3 Å². The van der Waals surface area contributed by atoms with Crippen molar-refractivity contribution in [2.75, 3.05) is 18.8 Å². The van der Waals surface area contributed by atoms with E-state index in [9.17, 15) is 14.4 Å². The van der Waals surface area contributed by atoms with Gasteiger partial charge in [-0.3, -0.25) is 14.3 Å². The monoisotopic (exact) mass is 423 g/mol. The summed E-state index contributed by atoms with van der Waals surface area (Å²) < 4.78 is 1.68. The zero-order valence-electron chi connectivity index (χ0n) is 16.6. The fourth-order valence-electron chi connectivity index (χ4n) is 3.59. The van der Waals surface area contributed by atoms with Gasteiger partial charge in [0, 0.05) is 49.6 Å². The van der Waals surface area contributed by atoms with Crippen LogP contribution in [-0.2, 0) is 22.6 Å². The van der Waals surface area contributed by atoms with Crippen LogP contribution < -0.4 is 21.3 Å². The first-order chi connectivity index (χ1) is 14.0. The van der Waals surface area contributed by atoms with Gasteiger partial charge in [0.05, 0.1) is 24.3 Å². The average molecular weight is 424 g/mol. The van der Waals surface area contributed by atoms with E-state index >= 15 is 0 Å². The molecule has 0 aromatic carbocycles. The van der Waals surface area contributed by atoms with E-state index in [2.05, 4.69) is 31.6 Å². The number of aromatic nitrogens is 3. The minimum atomic E-state index is -0.0801. The van der Waals surface area contributed by atoms with Gasteiger partial charge < -0.3 is 21.3 Å². The molecular formula is C18H29N7O3S. The van der Waals surface area contributed by atoms with E-state index in [-0.39, 0.29) is 29.9 Å². The van der Waals surface area contributed by atoms with Crippen LogP contribution in [0.25, 0.3) is 0 Å². The van der Waals surface area contributed by atoms with Crippen molar-refractivity contribution >= 4 is 29.6 Å². The van der Waals surface area contributed by atoms with Gasteiger partial charge in [-0.25, -0.2) is 4.79 Å². The third-order valence-corrected chi connectivity index (χ3v) is 6.57. The second kappa shape index (κ2) is 10.5. The molecule has 3 rings (SSSR count). The van der Waals surface area contributed by atoms with Crippen LogP contribution in [0.15, 0.2) is 6.20 Å². The minimum absolute atomic E-state index is 0.00686. The molecule has 4 amide bonds. The van der Waals surface area contributed by atoms with Crippen molar-refractivity contribution in [3.8, 4) is 0 Å². The van der Waals surface area contributed by atoms with Crippen molar-refractivity contribution in [1.29, 1.82) is 0 Å². The number of urea groups is 1. The van der Waals surface area contributed by atoms with Crippen molar-refractivity contribution in [2.24, 2.45) is 0 Å². The van der Waals surface area contributed by atoms with Gasteiger partial charge in [-0.05, 0) is 19.8 Å². The Bertz CT molecular complexity index is 726. The Kier molecular flexibility index (Phi) is 7.73. The van der Waals surface area contributed by atoms with E-state index in [0.717, 1.165) is 24.3 Å². The third-order valence-electron chi connectivity index (χ3n) is 5.06. The largest absolute Gasteiger partial charge is 0.356 e. The number of carbonyl (C=O) groups is 3. The van der Waals surface area contributed by atoms with Crippen molar-refractivity contribution in [3.63, 3.8) is 0 Å². The fourth-order valence-corrected chi connectivity index (χ4v) is 5.14. The third kappa shape index (κ3) is 6.34. The first kappa shape index (κ1) is 21.4. The molecule has 1 aromatic rings. The van der Waals surface area contributed by atoms with E-state index in [0.29, 0.717) is 44.1 Å². The molecule has 10 nitrogen and oxygen atoms in total. The number of fused-ring (bicyclic) bond motifs is 1. The van der Waals surface area contributed by atoms with E-state index in [4.69, 9.17) is 0 Å². The molecule has 3 heterocycles. The van der Waals surface area contributed by atoms with E-state index in [1.165, 1.54) is 0 Å². The normalized spacial score (nSPS) is 22.7. The number of aryl methyl sites for hydroxylation is 1. The summed E-state index contributed by atoms with van der Waals surface area (Å²) in [5.74, 6) is 0.964. The molecule has 0 aliphatic carbocycles. The highest BCUT2D eigenvalue weighted by atomic mass is 32.2. The Morgan fingerprint density at radius 1 is 1.28 bits per heavy atom. The molecule has 3 atom stereocenters. The summed E-state index contributed by atoms with van der Waals surface area (Å²) in [7, 11) is 0. The molecule has 11 heteroatoms. The molecule has 2 aliphatic heterocycles. The zero-order chi connectivity index (χ0) is 20.6. The van der Waals surface area contributed by atoms with Crippen LogP contribution in [0, 0.1) is 0 Å². The molecule has 3 unspecified atom stereocenters. The Labute approximate surface area is 174 Å². The number of carbonyl (C=O) groups excluding carboxylic acids is 3. The van der Waals surface area contributed by atoms with Crippen molar-refractivity contribution in [2.45, 2.75) is 62.9 Å². The van der Waals surface area contributed by atoms with Crippen LogP contribution in [0.3, 0.4) is 0 Å². The molecule has 1 aromatic heterocycles. The summed E-state index contributed by atoms with van der Waals surface area (Å²) in [6, 6.07) is 0.327. The van der Waals surface area contributed by atoms with E-state index in [1.807, 2.05) is 24.9 Å². The Balaban J connectivity index is 1.26. The molecule has 4 N–H and O–H groups in total. The van der Waals surface area contributed by atoms with Gasteiger partial charge in [0.1, 0.15) is 0 Å². The SMILES string of the molecule is CCNC(=O)CCc1cn(CCNC(=O)CCCC2SCC3NC(=O)NC32)nn1. The molecule has 160 valence electrons. The molecule has 29 heavy (non-hydrogen) atoms. The number of amides is 4. The molecule has 0 radical (unpaired) electrons. The summed E-state index contributed by atoms with van der Waals surface area (Å²) in [5, 5.41) is 20.0. The van der Waals surface area contributed by atoms with Gasteiger partial charge in [0.15, 0.2) is 0 Å². The van der Waals surface area contributed by atoms with Crippen LogP contribution in [0.5, 0.6) is 0 Å². The molecule has 0 spiro atoms. The van der Waals surface area contributed by atoms with Crippen molar-refractivity contribution in [3.05, 3.63) is 11.9 Å². The Morgan fingerprint density at radius 2 is 2.10 bits per heavy atom. The first-order valence-electron chi connectivity index (χ1n) is 10.2. The topological polar surface area (TPSA) is 130 Å². The van der Waals surface area contributed by atoms with Crippen LogP contribution in [0.4, 0.5) is 4.79 Å². The maximum absolute atomic E-state index is 12.0. The first-order valence-corrected chi connectivity index (χ1v) is 11.2. The number of hydrogen-bond acceptors (Lipinski definition) is 6. The molecular weight excluding hydrogens is 394 g/mol. The second-order valence-corrected chi connectivity index (χ2v) is 8.56. The fraction of sp³-hybridized carbons (Fsp3) is 0.722. The maximum Gasteiger partial charge on any atom is 0.315 e.